The average molecular weight is 268 g/mol. The summed E-state index contributed by atoms with van der Waals surface area (Å²) >= 11 is 0. The van der Waals surface area contributed by atoms with Gasteiger partial charge in [-0.1, -0.05) is 44.2 Å². The van der Waals surface area contributed by atoms with Crippen LogP contribution in [0.15, 0.2) is 54.6 Å². The molecule has 0 saturated carbocycles. The van der Waals surface area contributed by atoms with Gasteiger partial charge in [-0.3, -0.25) is 0 Å². The first kappa shape index (κ1) is 14.2. The Labute approximate surface area is 119 Å². The number of fused-ring (bicyclic) bond motifs is 1. The van der Waals surface area contributed by atoms with Crippen LogP contribution in [0.1, 0.15) is 13.8 Å². The van der Waals surface area contributed by atoms with Crippen molar-refractivity contribution < 1.29 is 0 Å². The van der Waals surface area contributed by atoms with Crippen molar-refractivity contribution in [3.8, 4) is 5.69 Å². The van der Waals surface area contributed by atoms with E-state index in [4.69, 9.17) is 0 Å². The molecule has 0 aliphatic carbocycles. The highest BCUT2D eigenvalue weighted by Crippen LogP contribution is 2.10. The Hall–Kier alpha value is -2.20. The van der Waals surface area contributed by atoms with Gasteiger partial charge in [0.05, 0.1) is 5.69 Å². The van der Waals surface area contributed by atoms with Gasteiger partial charge in [0.15, 0.2) is 0 Å². The minimum Gasteiger partial charge on any atom is -0.317 e. The summed E-state index contributed by atoms with van der Waals surface area (Å²) in [6.07, 6.45) is 0. The molecular weight excluding hydrogens is 248 g/mol. The Kier molecular flexibility index (Phi) is 5.26. The Bertz CT molecular complexity index is 596. The maximum absolute atomic E-state index is 4.39. The van der Waals surface area contributed by atoms with E-state index in [0.717, 1.165) is 29.8 Å². The first-order valence-electron chi connectivity index (χ1n) is 6.93. The van der Waals surface area contributed by atoms with E-state index in [1.807, 2.05) is 54.6 Å². The standard InChI is InChI=1S/C12H9N3.C4H11N/c1-2-6-10(7-3-1)15-13-11-8-4-5-9-12(11)14-15;1-3-5-4-2/h1-9H;5H,3-4H2,1-2H3. The fourth-order valence-electron chi connectivity index (χ4n) is 1.79. The Morgan fingerprint density at radius 3 is 1.75 bits per heavy atom. The summed E-state index contributed by atoms with van der Waals surface area (Å²) in [5, 5.41) is 11.9. The second-order valence-corrected chi connectivity index (χ2v) is 4.27. The predicted molar refractivity (Wildman–Crippen MR) is 83.1 cm³/mol. The first-order chi connectivity index (χ1) is 9.85. The maximum atomic E-state index is 4.39. The molecule has 3 aromatic rings. The van der Waals surface area contributed by atoms with E-state index in [1.54, 1.807) is 4.80 Å². The topological polar surface area (TPSA) is 42.7 Å². The molecule has 0 radical (unpaired) electrons. The number of nitrogens with zero attached hydrogens (tertiary/aromatic N) is 3. The minimum absolute atomic E-state index is 0.918. The van der Waals surface area contributed by atoms with Gasteiger partial charge in [0.1, 0.15) is 11.0 Å². The monoisotopic (exact) mass is 268 g/mol. The minimum atomic E-state index is 0.918. The van der Waals surface area contributed by atoms with Crippen molar-refractivity contribution >= 4 is 11.0 Å². The van der Waals surface area contributed by atoms with Crippen LogP contribution in [0.2, 0.25) is 0 Å². The third-order valence-electron chi connectivity index (χ3n) is 2.77. The maximum Gasteiger partial charge on any atom is 0.113 e. The summed E-state index contributed by atoms with van der Waals surface area (Å²) in [5.74, 6) is 0. The van der Waals surface area contributed by atoms with Crippen LogP contribution >= 0.6 is 0 Å². The van der Waals surface area contributed by atoms with Gasteiger partial charge in [-0.15, -0.1) is 10.2 Å². The number of para-hydroxylation sites is 1. The van der Waals surface area contributed by atoms with Gasteiger partial charge in [0.25, 0.3) is 0 Å². The Balaban J connectivity index is 0.000000257. The third-order valence-corrected chi connectivity index (χ3v) is 2.77. The molecular formula is C16H20N4. The quantitative estimate of drug-likeness (QED) is 0.794. The Morgan fingerprint density at radius 2 is 1.30 bits per heavy atom. The van der Waals surface area contributed by atoms with Crippen LogP contribution in [0.25, 0.3) is 16.7 Å². The second kappa shape index (κ2) is 7.40. The highest BCUT2D eigenvalue weighted by Gasteiger charge is 2.01. The molecule has 0 aliphatic rings. The molecule has 0 fully saturated rings. The number of nitrogens with one attached hydrogen (secondary N) is 1. The molecule has 1 aromatic heterocycles. The summed E-state index contributed by atoms with van der Waals surface area (Å²) in [4.78, 5) is 1.66. The van der Waals surface area contributed by atoms with Gasteiger partial charge in [0, 0.05) is 0 Å². The van der Waals surface area contributed by atoms with Crippen LogP contribution in [0, 0.1) is 0 Å². The highest BCUT2D eigenvalue weighted by molar-refractivity contribution is 5.73. The second-order valence-electron chi connectivity index (χ2n) is 4.27. The molecule has 3 rings (SSSR count). The van der Waals surface area contributed by atoms with E-state index in [0.29, 0.717) is 0 Å². The molecule has 2 aromatic carbocycles. The van der Waals surface area contributed by atoms with Crippen molar-refractivity contribution in [3.05, 3.63) is 54.6 Å². The molecule has 0 atom stereocenters. The smallest absolute Gasteiger partial charge is 0.113 e. The summed E-state index contributed by atoms with van der Waals surface area (Å²) in [7, 11) is 0. The normalized spacial score (nSPS) is 10.1. The molecule has 0 unspecified atom stereocenters. The van der Waals surface area contributed by atoms with Gasteiger partial charge in [-0.05, 0) is 37.4 Å². The van der Waals surface area contributed by atoms with Crippen molar-refractivity contribution in [3.63, 3.8) is 0 Å². The summed E-state index contributed by atoms with van der Waals surface area (Å²) in [6.45, 7) is 6.39. The van der Waals surface area contributed by atoms with Gasteiger partial charge in [-0.2, -0.15) is 4.80 Å². The first-order valence-corrected chi connectivity index (χ1v) is 6.93. The molecule has 1 N–H and O–H groups in total. The number of hydrogen-bond donors (Lipinski definition) is 1. The van der Waals surface area contributed by atoms with Gasteiger partial charge < -0.3 is 5.32 Å². The lowest BCUT2D eigenvalue weighted by atomic mass is 10.3. The predicted octanol–water partition coefficient (Wildman–Crippen LogP) is 3.04. The molecule has 0 bridgehead atoms. The van der Waals surface area contributed by atoms with Crippen LogP contribution in [-0.2, 0) is 0 Å². The SMILES string of the molecule is CCNCC.c1ccc(-n2nc3ccccc3n2)cc1. The number of benzene rings is 2. The summed E-state index contributed by atoms with van der Waals surface area (Å²) in [5.41, 5.74) is 2.82. The molecule has 0 saturated heterocycles. The lowest BCUT2D eigenvalue weighted by Crippen LogP contribution is -2.09. The largest absolute Gasteiger partial charge is 0.317 e. The lowest BCUT2D eigenvalue weighted by Gasteiger charge is -1.96. The summed E-state index contributed by atoms with van der Waals surface area (Å²) < 4.78 is 0. The van der Waals surface area contributed by atoms with Crippen molar-refractivity contribution in [2.75, 3.05) is 13.1 Å². The van der Waals surface area contributed by atoms with Crippen LogP contribution < -0.4 is 5.32 Å². The highest BCUT2D eigenvalue weighted by atomic mass is 15.5. The van der Waals surface area contributed by atoms with Crippen molar-refractivity contribution in [2.24, 2.45) is 0 Å². The van der Waals surface area contributed by atoms with E-state index in [1.165, 1.54) is 0 Å². The zero-order chi connectivity index (χ0) is 14.2. The van der Waals surface area contributed by atoms with Crippen molar-refractivity contribution in [2.45, 2.75) is 13.8 Å². The van der Waals surface area contributed by atoms with Crippen molar-refractivity contribution in [1.29, 1.82) is 0 Å². The Morgan fingerprint density at radius 1 is 0.800 bits per heavy atom. The van der Waals surface area contributed by atoms with E-state index in [9.17, 15) is 0 Å². The zero-order valence-corrected chi connectivity index (χ0v) is 12.0. The average Bonchev–Trinajstić information content (AvgIpc) is 2.94. The molecule has 104 valence electrons. The van der Waals surface area contributed by atoms with Crippen LogP contribution in [0.5, 0.6) is 0 Å². The van der Waals surface area contributed by atoms with Crippen LogP contribution in [0.4, 0.5) is 0 Å². The van der Waals surface area contributed by atoms with Gasteiger partial charge >= 0.3 is 0 Å². The fourth-order valence-corrected chi connectivity index (χ4v) is 1.79. The third kappa shape index (κ3) is 3.65. The zero-order valence-electron chi connectivity index (χ0n) is 12.0. The molecule has 4 nitrogen and oxygen atoms in total. The fraction of sp³-hybridized carbons (Fsp3) is 0.250. The number of rotatable bonds is 3. The van der Waals surface area contributed by atoms with Crippen molar-refractivity contribution in [1.82, 2.24) is 20.3 Å². The molecule has 0 aliphatic heterocycles. The molecule has 0 amide bonds. The number of aromatic nitrogens is 3. The summed E-state index contributed by atoms with van der Waals surface area (Å²) in [6, 6.07) is 17.7. The molecule has 0 spiro atoms. The molecule has 20 heavy (non-hydrogen) atoms. The molecule has 4 heteroatoms. The molecule has 1 heterocycles. The van der Waals surface area contributed by atoms with Crippen LogP contribution in [0.3, 0.4) is 0 Å². The van der Waals surface area contributed by atoms with E-state index in [2.05, 4.69) is 29.4 Å². The van der Waals surface area contributed by atoms with E-state index in [-0.39, 0.29) is 0 Å². The number of hydrogen-bond acceptors (Lipinski definition) is 3. The van der Waals surface area contributed by atoms with Crippen LogP contribution in [-0.4, -0.2) is 28.1 Å². The van der Waals surface area contributed by atoms with E-state index >= 15 is 0 Å². The van der Waals surface area contributed by atoms with Gasteiger partial charge in [0.2, 0.25) is 0 Å². The van der Waals surface area contributed by atoms with Gasteiger partial charge in [-0.25, -0.2) is 0 Å². The lowest BCUT2D eigenvalue weighted by molar-refractivity contribution is 0.762. The van der Waals surface area contributed by atoms with E-state index < -0.39 is 0 Å².